The summed E-state index contributed by atoms with van der Waals surface area (Å²) in [6.45, 7) is 4.41. The van der Waals surface area contributed by atoms with Crippen molar-refractivity contribution < 1.29 is 14.3 Å². The zero-order chi connectivity index (χ0) is 21.1. The Kier molecular flexibility index (Phi) is 10.3. The van der Waals surface area contributed by atoms with Gasteiger partial charge >= 0.3 is 12.0 Å². The van der Waals surface area contributed by atoms with Crippen LogP contribution in [0.15, 0.2) is 0 Å². The molecule has 0 radical (unpaired) electrons. The fourth-order valence-corrected chi connectivity index (χ4v) is 4.41. The molecule has 0 aromatic carbocycles. The summed E-state index contributed by atoms with van der Waals surface area (Å²) in [7, 11) is 3.39. The van der Waals surface area contributed by atoms with E-state index in [1.54, 1.807) is 0 Å². The van der Waals surface area contributed by atoms with Crippen LogP contribution in [0.5, 0.6) is 0 Å². The van der Waals surface area contributed by atoms with Gasteiger partial charge in [0, 0.05) is 12.1 Å². The second-order valence-corrected chi connectivity index (χ2v) is 9.48. The molecule has 0 aliphatic heterocycles. The number of hydrogen-bond acceptors (Lipinski definition) is 4. The fourth-order valence-electron chi connectivity index (χ4n) is 4.41. The molecule has 2 fully saturated rings. The van der Waals surface area contributed by atoms with Gasteiger partial charge in [0.2, 0.25) is 0 Å². The van der Waals surface area contributed by atoms with E-state index in [9.17, 15) is 9.59 Å². The Labute approximate surface area is 177 Å². The van der Waals surface area contributed by atoms with Crippen LogP contribution < -0.4 is 10.6 Å². The molecule has 0 aromatic rings. The van der Waals surface area contributed by atoms with Gasteiger partial charge in [-0.05, 0) is 70.4 Å². The van der Waals surface area contributed by atoms with Gasteiger partial charge in [0.1, 0.15) is 0 Å². The summed E-state index contributed by atoms with van der Waals surface area (Å²) in [6, 6.07) is 0.0362. The van der Waals surface area contributed by atoms with Crippen molar-refractivity contribution >= 4 is 12.0 Å². The minimum Gasteiger partial charge on any atom is -0.468 e. The number of urea groups is 1. The summed E-state index contributed by atoms with van der Waals surface area (Å²) in [6.07, 6.45) is 14.4. The van der Waals surface area contributed by atoms with E-state index in [0.717, 1.165) is 50.6 Å². The van der Waals surface area contributed by atoms with Crippen LogP contribution in [0.3, 0.4) is 0 Å². The van der Waals surface area contributed by atoms with Crippen molar-refractivity contribution in [1.82, 2.24) is 15.5 Å². The molecule has 0 heterocycles. The average Bonchev–Trinajstić information content (AvgIpc) is 3.35. The average molecular weight is 410 g/mol. The topological polar surface area (TPSA) is 70.7 Å². The summed E-state index contributed by atoms with van der Waals surface area (Å²) in [4.78, 5) is 25.4. The number of unbranched alkanes of at least 4 members (excludes halogenated alkanes) is 6. The predicted octanol–water partition coefficient (Wildman–Crippen LogP) is 4.09. The summed E-state index contributed by atoms with van der Waals surface area (Å²) >= 11 is 0. The van der Waals surface area contributed by atoms with Crippen molar-refractivity contribution in [2.24, 2.45) is 11.8 Å². The Morgan fingerprint density at radius 3 is 2.24 bits per heavy atom. The molecule has 2 atom stereocenters. The summed E-state index contributed by atoms with van der Waals surface area (Å²) in [5, 5.41) is 6.35. The summed E-state index contributed by atoms with van der Waals surface area (Å²) in [5.41, 5.74) is 0.102. The lowest BCUT2D eigenvalue weighted by Gasteiger charge is -2.43. The number of carbonyl (C=O) groups is 2. The van der Waals surface area contributed by atoms with Gasteiger partial charge in [0.15, 0.2) is 0 Å². The minimum absolute atomic E-state index is 0.0362. The van der Waals surface area contributed by atoms with Crippen molar-refractivity contribution in [2.45, 2.75) is 89.5 Å². The number of carbonyl (C=O) groups excluding carboxylic acids is 2. The van der Waals surface area contributed by atoms with Crippen LogP contribution in [0.1, 0.15) is 84.0 Å². The molecular weight excluding hydrogens is 366 g/mol. The molecule has 0 saturated heterocycles. The Hall–Kier alpha value is -1.30. The van der Waals surface area contributed by atoms with Gasteiger partial charge in [-0.3, -0.25) is 9.69 Å². The third-order valence-corrected chi connectivity index (χ3v) is 6.75. The molecule has 0 bridgehead atoms. The van der Waals surface area contributed by atoms with Crippen LogP contribution in [0.25, 0.3) is 0 Å². The highest BCUT2D eigenvalue weighted by atomic mass is 16.5. The molecule has 29 heavy (non-hydrogen) atoms. The van der Waals surface area contributed by atoms with E-state index < -0.39 is 0 Å². The first kappa shape index (κ1) is 24.0. The van der Waals surface area contributed by atoms with Gasteiger partial charge in [0.05, 0.1) is 13.7 Å². The molecule has 2 N–H and O–H groups in total. The monoisotopic (exact) mass is 409 g/mol. The lowest BCUT2D eigenvalue weighted by molar-refractivity contribution is -0.141. The van der Waals surface area contributed by atoms with Gasteiger partial charge in [-0.2, -0.15) is 0 Å². The lowest BCUT2D eigenvalue weighted by Crippen LogP contribution is -2.56. The SMILES string of the molecule is COC(=O)CN(C)CCCCCCCCCNC(=O)NC1(CC2C[C@@H]2C)CCC1. The normalized spacial score (nSPS) is 22.1. The summed E-state index contributed by atoms with van der Waals surface area (Å²) < 4.78 is 4.67. The molecule has 2 aliphatic rings. The Bertz CT molecular complexity index is 508. The maximum absolute atomic E-state index is 12.2. The van der Waals surface area contributed by atoms with Gasteiger partial charge in [-0.25, -0.2) is 4.79 Å². The number of likely N-dealkylation sites (N-methyl/N-ethyl adjacent to an activating group) is 1. The van der Waals surface area contributed by atoms with Crippen molar-refractivity contribution in [1.29, 1.82) is 0 Å². The quantitative estimate of drug-likeness (QED) is 0.316. The first-order chi connectivity index (χ1) is 13.9. The second-order valence-electron chi connectivity index (χ2n) is 9.48. The number of hydrogen-bond donors (Lipinski definition) is 2. The van der Waals surface area contributed by atoms with Crippen LogP contribution in [0.2, 0.25) is 0 Å². The summed E-state index contributed by atoms with van der Waals surface area (Å²) in [5.74, 6) is 1.53. The Balaban J connectivity index is 1.38. The van der Waals surface area contributed by atoms with Crippen molar-refractivity contribution in [3.8, 4) is 0 Å². The Morgan fingerprint density at radius 2 is 1.69 bits per heavy atom. The number of esters is 1. The van der Waals surface area contributed by atoms with Gasteiger partial charge < -0.3 is 15.4 Å². The maximum Gasteiger partial charge on any atom is 0.319 e. The van der Waals surface area contributed by atoms with Crippen LogP contribution >= 0.6 is 0 Å². The highest BCUT2D eigenvalue weighted by molar-refractivity contribution is 5.75. The molecular formula is C23H43N3O3. The second kappa shape index (κ2) is 12.4. The van der Waals surface area contributed by atoms with Crippen LogP contribution in [-0.2, 0) is 9.53 Å². The number of rotatable bonds is 15. The van der Waals surface area contributed by atoms with Crippen LogP contribution in [0, 0.1) is 11.8 Å². The van der Waals surface area contributed by atoms with E-state index in [2.05, 4.69) is 22.3 Å². The molecule has 0 aromatic heterocycles. The zero-order valence-corrected chi connectivity index (χ0v) is 18.9. The van der Waals surface area contributed by atoms with Gasteiger partial charge in [0.25, 0.3) is 0 Å². The van der Waals surface area contributed by atoms with Crippen molar-refractivity contribution in [2.75, 3.05) is 33.8 Å². The van der Waals surface area contributed by atoms with E-state index in [4.69, 9.17) is 0 Å². The Morgan fingerprint density at radius 1 is 1.07 bits per heavy atom. The minimum atomic E-state index is -0.171. The third kappa shape index (κ3) is 9.37. The number of nitrogens with zero attached hydrogens (tertiary/aromatic N) is 1. The number of nitrogens with one attached hydrogen (secondary N) is 2. The lowest BCUT2D eigenvalue weighted by atomic mass is 9.73. The molecule has 6 heteroatoms. The van der Waals surface area contributed by atoms with E-state index in [1.165, 1.54) is 58.5 Å². The van der Waals surface area contributed by atoms with E-state index >= 15 is 0 Å². The highest BCUT2D eigenvalue weighted by Gasteiger charge is 2.45. The molecule has 168 valence electrons. The molecule has 2 amide bonds. The highest BCUT2D eigenvalue weighted by Crippen LogP contribution is 2.48. The first-order valence-corrected chi connectivity index (χ1v) is 11.8. The molecule has 2 saturated carbocycles. The maximum atomic E-state index is 12.2. The number of amides is 2. The van der Waals surface area contributed by atoms with E-state index in [1.807, 2.05) is 11.9 Å². The standard InChI is InChI=1S/C23H43N3O3/c1-19-16-20(19)17-23(12-11-13-23)25-22(28)24-14-9-7-5-4-6-8-10-15-26(2)18-21(27)29-3/h19-20H,4-18H2,1-3H3,(H2,24,25,28)/t19-,20?/m0/s1. The smallest absolute Gasteiger partial charge is 0.319 e. The van der Waals surface area contributed by atoms with E-state index in [0.29, 0.717) is 6.54 Å². The molecule has 2 aliphatic carbocycles. The van der Waals surface area contributed by atoms with Gasteiger partial charge in [-0.15, -0.1) is 0 Å². The van der Waals surface area contributed by atoms with Crippen molar-refractivity contribution in [3.63, 3.8) is 0 Å². The zero-order valence-electron chi connectivity index (χ0n) is 18.9. The first-order valence-electron chi connectivity index (χ1n) is 11.8. The predicted molar refractivity (Wildman–Crippen MR) is 117 cm³/mol. The number of ether oxygens (including phenoxy) is 1. The van der Waals surface area contributed by atoms with Crippen LogP contribution in [0.4, 0.5) is 4.79 Å². The van der Waals surface area contributed by atoms with Crippen LogP contribution in [-0.4, -0.2) is 56.2 Å². The third-order valence-electron chi connectivity index (χ3n) is 6.75. The fraction of sp³-hybridized carbons (Fsp3) is 0.913. The number of methoxy groups -OCH3 is 1. The largest absolute Gasteiger partial charge is 0.468 e. The molecule has 1 unspecified atom stereocenters. The van der Waals surface area contributed by atoms with Crippen molar-refractivity contribution in [3.05, 3.63) is 0 Å². The van der Waals surface area contributed by atoms with Gasteiger partial charge in [-0.1, -0.05) is 39.0 Å². The molecule has 0 spiro atoms. The van der Waals surface area contributed by atoms with E-state index in [-0.39, 0.29) is 17.5 Å². The molecule has 2 rings (SSSR count). The molecule has 6 nitrogen and oxygen atoms in total.